The third-order valence-electron chi connectivity index (χ3n) is 5.02. The van der Waals surface area contributed by atoms with Crippen molar-refractivity contribution < 1.29 is 4.39 Å². The minimum Gasteiger partial charge on any atom is -0.351 e. The topological polar surface area (TPSA) is 55.9 Å². The molecule has 0 spiro atoms. The fourth-order valence-corrected chi connectivity index (χ4v) is 3.67. The van der Waals surface area contributed by atoms with Crippen molar-refractivity contribution in [1.29, 1.82) is 0 Å². The van der Waals surface area contributed by atoms with Crippen molar-refractivity contribution in [2.24, 2.45) is 5.73 Å². The Labute approximate surface area is 146 Å². The molecule has 0 radical (unpaired) electrons. The van der Waals surface area contributed by atoms with Crippen molar-refractivity contribution in [3.05, 3.63) is 59.9 Å². The second kappa shape index (κ2) is 6.84. The molecule has 0 bridgehead atoms. The van der Waals surface area contributed by atoms with E-state index in [4.69, 9.17) is 10.7 Å². The molecule has 5 heteroatoms. The van der Waals surface area contributed by atoms with Gasteiger partial charge in [0.1, 0.15) is 5.82 Å². The Morgan fingerprint density at radius 3 is 2.80 bits per heavy atom. The minimum absolute atomic E-state index is 0.149. The second-order valence-electron chi connectivity index (χ2n) is 6.84. The Morgan fingerprint density at radius 2 is 1.96 bits per heavy atom. The van der Waals surface area contributed by atoms with Crippen LogP contribution in [0.25, 0.3) is 11.0 Å². The molecular formula is C20H23FN4. The predicted molar refractivity (Wildman–Crippen MR) is 99.1 cm³/mol. The maximum Gasteiger partial charge on any atom is 0.204 e. The highest BCUT2D eigenvalue weighted by molar-refractivity contribution is 5.78. The van der Waals surface area contributed by atoms with E-state index in [0.29, 0.717) is 6.54 Å². The van der Waals surface area contributed by atoms with E-state index in [1.165, 1.54) is 18.9 Å². The van der Waals surface area contributed by atoms with Gasteiger partial charge in [-0.3, -0.25) is 0 Å². The quantitative estimate of drug-likeness (QED) is 0.758. The summed E-state index contributed by atoms with van der Waals surface area (Å²) < 4.78 is 15.7. The van der Waals surface area contributed by atoms with E-state index in [1.54, 1.807) is 12.1 Å². The van der Waals surface area contributed by atoms with Gasteiger partial charge < -0.3 is 15.6 Å². The van der Waals surface area contributed by atoms with E-state index >= 15 is 0 Å². The SMILES string of the molecule is NC1CCCCC1Nc1nc2ccccc2n1Cc1cccc(F)c1. The molecule has 0 saturated heterocycles. The zero-order valence-corrected chi connectivity index (χ0v) is 14.2. The Hall–Kier alpha value is -2.40. The molecule has 2 aromatic carbocycles. The number of halogens is 1. The van der Waals surface area contributed by atoms with Gasteiger partial charge in [0.2, 0.25) is 5.95 Å². The molecule has 2 unspecified atom stereocenters. The number of nitrogens with one attached hydrogen (secondary N) is 1. The number of para-hydroxylation sites is 2. The number of nitrogens with zero attached hydrogens (tertiary/aromatic N) is 2. The average molecular weight is 338 g/mol. The molecule has 4 rings (SSSR count). The summed E-state index contributed by atoms with van der Waals surface area (Å²) in [5.41, 5.74) is 9.19. The van der Waals surface area contributed by atoms with Crippen molar-refractivity contribution >= 4 is 17.0 Å². The van der Waals surface area contributed by atoms with Crippen LogP contribution in [-0.4, -0.2) is 21.6 Å². The summed E-state index contributed by atoms with van der Waals surface area (Å²) in [4.78, 5) is 4.76. The molecular weight excluding hydrogens is 315 g/mol. The van der Waals surface area contributed by atoms with Gasteiger partial charge in [-0.15, -0.1) is 0 Å². The van der Waals surface area contributed by atoms with E-state index in [2.05, 4.69) is 9.88 Å². The Bertz CT molecular complexity index is 873. The van der Waals surface area contributed by atoms with Gasteiger partial charge >= 0.3 is 0 Å². The van der Waals surface area contributed by atoms with Crippen LogP contribution in [0.3, 0.4) is 0 Å². The molecule has 0 amide bonds. The zero-order valence-electron chi connectivity index (χ0n) is 14.2. The van der Waals surface area contributed by atoms with E-state index in [-0.39, 0.29) is 17.9 Å². The van der Waals surface area contributed by atoms with Gasteiger partial charge in [-0.2, -0.15) is 0 Å². The summed E-state index contributed by atoms with van der Waals surface area (Å²) in [6, 6.07) is 15.1. The molecule has 130 valence electrons. The molecule has 3 N–H and O–H groups in total. The highest BCUT2D eigenvalue weighted by atomic mass is 19.1. The van der Waals surface area contributed by atoms with E-state index in [1.807, 2.05) is 30.3 Å². The molecule has 1 fully saturated rings. The third-order valence-corrected chi connectivity index (χ3v) is 5.02. The van der Waals surface area contributed by atoms with Gasteiger partial charge in [-0.05, 0) is 42.7 Å². The van der Waals surface area contributed by atoms with E-state index < -0.39 is 0 Å². The summed E-state index contributed by atoms with van der Waals surface area (Å²) in [6.45, 7) is 0.572. The number of rotatable bonds is 4. The molecule has 1 aromatic heterocycles. The number of aromatic nitrogens is 2. The fraction of sp³-hybridized carbons (Fsp3) is 0.350. The van der Waals surface area contributed by atoms with Gasteiger partial charge in [0, 0.05) is 12.1 Å². The Kier molecular flexibility index (Phi) is 4.40. The lowest BCUT2D eigenvalue weighted by molar-refractivity contribution is 0.401. The first-order valence-corrected chi connectivity index (χ1v) is 8.92. The van der Waals surface area contributed by atoms with Crippen LogP contribution in [0.4, 0.5) is 10.3 Å². The Morgan fingerprint density at radius 1 is 1.12 bits per heavy atom. The van der Waals surface area contributed by atoms with Crippen LogP contribution in [0.15, 0.2) is 48.5 Å². The smallest absolute Gasteiger partial charge is 0.204 e. The molecule has 1 aliphatic carbocycles. The lowest BCUT2D eigenvalue weighted by atomic mass is 9.91. The summed E-state index contributed by atoms with van der Waals surface area (Å²) in [5, 5.41) is 3.56. The van der Waals surface area contributed by atoms with Gasteiger partial charge in [-0.25, -0.2) is 9.37 Å². The highest BCUT2D eigenvalue weighted by Gasteiger charge is 2.23. The van der Waals surface area contributed by atoms with Crippen LogP contribution in [0.1, 0.15) is 31.2 Å². The molecule has 25 heavy (non-hydrogen) atoms. The van der Waals surface area contributed by atoms with E-state index in [9.17, 15) is 4.39 Å². The predicted octanol–water partition coefficient (Wildman–Crippen LogP) is 3.91. The summed E-state index contributed by atoms with van der Waals surface area (Å²) in [6.07, 6.45) is 4.49. The van der Waals surface area contributed by atoms with Gasteiger partial charge in [0.05, 0.1) is 17.6 Å². The number of benzene rings is 2. The number of fused-ring (bicyclic) bond motifs is 1. The Balaban J connectivity index is 1.70. The van der Waals surface area contributed by atoms with Crippen LogP contribution >= 0.6 is 0 Å². The monoisotopic (exact) mass is 338 g/mol. The fourth-order valence-electron chi connectivity index (χ4n) is 3.67. The standard InChI is InChI=1S/C20H23FN4/c21-15-7-5-6-14(12-15)13-25-19-11-4-3-10-18(19)24-20(25)23-17-9-2-1-8-16(17)22/h3-7,10-12,16-17H,1-2,8-9,13,22H2,(H,23,24). The van der Waals surface area contributed by atoms with Crippen LogP contribution in [0.5, 0.6) is 0 Å². The van der Waals surface area contributed by atoms with Crippen LogP contribution in [-0.2, 0) is 6.54 Å². The van der Waals surface area contributed by atoms with Crippen LogP contribution in [0, 0.1) is 5.82 Å². The molecule has 1 saturated carbocycles. The van der Waals surface area contributed by atoms with Crippen molar-refractivity contribution in [2.75, 3.05) is 5.32 Å². The molecule has 1 heterocycles. The van der Waals surface area contributed by atoms with Crippen LogP contribution in [0.2, 0.25) is 0 Å². The summed E-state index contributed by atoms with van der Waals surface area (Å²) in [7, 11) is 0. The lowest BCUT2D eigenvalue weighted by Crippen LogP contribution is -2.43. The summed E-state index contributed by atoms with van der Waals surface area (Å²) >= 11 is 0. The maximum absolute atomic E-state index is 13.6. The number of hydrogen-bond donors (Lipinski definition) is 2. The number of anilines is 1. The molecule has 0 aliphatic heterocycles. The first-order chi connectivity index (χ1) is 12.2. The number of hydrogen-bond acceptors (Lipinski definition) is 3. The lowest BCUT2D eigenvalue weighted by Gasteiger charge is -2.29. The average Bonchev–Trinajstić information content (AvgIpc) is 2.95. The minimum atomic E-state index is -0.217. The van der Waals surface area contributed by atoms with Crippen molar-refractivity contribution in [3.63, 3.8) is 0 Å². The van der Waals surface area contributed by atoms with Crippen molar-refractivity contribution in [1.82, 2.24) is 9.55 Å². The largest absolute Gasteiger partial charge is 0.351 e. The number of nitrogens with two attached hydrogens (primary N) is 1. The molecule has 3 aromatic rings. The van der Waals surface area contributed by atoms with Gasteiger partial charge in [0.25, 0.3) is 0 Å². The normalized spacial score (nSPS) is 20.7. The first kappa shape index (κ1) is 16.1. The molecule has 2 atom stereocenters. The number of imidazole rings is 1. The first-order valence-electron chi connectivity index (χ1n) is 8.92. The van der Waals surface area contributed by atoms with E-state index in [0.717, 1.165) is 35.4 Å². The molecule has 1 aliphatic rings. The van der Waals surface area contributed by atoms with Crippen molar-refractivity contribution in [2.45, 2.75) is 44.3 Å². The van der Waals surface area contributed by atoms with Gasteiger partial charge in [0.15, 0.2) is 0 Å². The van der Waals surface area contributed by atoms with Gasteiger partial charge in [-0.1, -0.05) is 37.1 Å². The van der Waals surface area contributed by atoms with Crippen molar-refractivity contribution in [3.8, 4) is 0 Å². The molecule has 4 nitrogen and oxygen atoms in total. The highest BCUT2D eigenvalue weighted by Crippen LogP contribution is 2.25. The zero-order chi connectivity index (χ0) is 17.2. The second-order valence-corrected chi connectivity index (χ2v) is 6.84. The third kappa shape index (κ3) is 3.37. The maximum atomic E-state index is 13.6. The summed E-state index contributed by atoms with van der Waals surface area (Å²) in [5.74, 6) is 0.596. The van der Waals surface area contributed by atoms with Crippen LogP contribution < -0.4 is 11.1 Å².